The molecule has 2 rings (SSSR count). The van der Waals surface area contributed by atoms with Crippen molar-refractivity contribution < 1.29 is 4.79 Å². The highest BCUT2D eigenvalue weighted by Crippen LogP contribution is 2.25. The van der Waals surface area contributed by atoms with E-state index in [1.165, 1.54) is 19.3 Å². The smallest absolute Gasteiger partial charge is 0.270 e. The van der Waals surface area contributed by atoms with Gasteiger partial charge in [0.25, 0.3) is 5.91 Å². The lowest BCUT2D eigenvalue weighted by Gasteiger charge is -2.34. The van der Waals surface area contributed by atoms with Gasteiger partial charge in [-0.1, -0.05) is 19.3 Å². The molecular weight excluding hydrogens is 250 g/mol. The minimum atomic E-state index is 0.129. The summed E-state index contributed by atoms with van der Waals surface area (Å²) in [7, 11) is 0. The number of anilines is 1. The normalized spacial score (nSPS) is 16.6. The Labute approximate surface area is 121 Å². The SMILES string of the molecule is CCN(C(=O)c1cc(N)cn1C(C)C)C1CCCCC1. The minimum Gasteiger partial charge on any atom is -0.397 e. The van der Waals surface area contributed by atoms with Gasteiger partial charge in [0.2, 0.25) is 0 Å². The first-order valence-electron chi connectivity index (χ1n) is 7.83. The van der Waals surface area contributed by atoms with E-state index >= 15 is 0 Å². The number of carbonyl (C=O) groups excluding carboxylic acids is 1. The average Bonchev–Trinajstić information content (AvgIpc) is 2.83. The second-order valence-corrected chi connectivity index (χ2v) is 6.04. The van der Waals surface area contributed by atoms with Crippen LogP contribution in [0.3, 0.4) is 0 Å². The number of hydrogen-bond acceptors (Lipinski definition) is 2. The van der Waals surface area contributed by atoms with Crippen LogP contribution in [-0.4, -0.2) is 28.0 Å². The Kier molecular flexibility index (Phi) is 4.73. The highest BCUT2D eigenvalue weighted by Gasteiger charge is 2.27. The second kappa shape index (κ2) is 6.33. The summed E-state index contributed by atoms with van der Waals surface area (Å²) in [5, 5.41) is 0. The van der Waals surface area contributed by atoms with E-state index in [4.69, 9.17) is 5.73 Å². The monoisotopic (exact) mass is 277 g/mol. The van der Waals surface area contributed by atoms with E-state index in [2.05, 4.69) is 20.8 Å². The topological polar surface area (TPSA) is 51.3 Å². The molecule has 4 nitrogen and oxygen atoms in total. The largest absolute Gasteiger partial charge is 0.397 e. The maximum absolute atomic E-state index is 12.9. The van der Waals surface area contributed by atoms with Crippen LogP contribution in [0.5, 0.6) is 0 Å². The Balaban J connectivity index is 2.23. The van der Waals surface area contributed by atoms with Gasteiger partial charge in [-0.3, -0.25) is 4.79 Å². The van der Waals surface area contributed by atoms with Crippen molar-refractivity contribution in [1.82, 2.24) is 9.47 Å². The molecule has 112 valence electrons. The zero-order valence-electron chi connectivity index (χ0n) is 12.9. The van der Waals surface area contributed by atoms with Crippen LogP contribution in [-0.2, 0) is 0 Å². The fraction of sp³-hybridized carbons (Fsp3) is 0.688. The average molecular weight is 277 g/mol. The zero-order valence-corrected chi connectivity index (χ0v) is 12.9. The third-order valence-electron chi connectivity index (χ3n) is 4.26. The Morgan fingerprint density at radius 1 is 1.40 bits per heavy atom. The molecule has 1 aromatic heterocycles. The van der Waals surface area contributed by atoms with E-state index in [1.807, 2.05) is 21.7 Å². The second-order valence-electron chi connectivity index (χ2n) is 6.04. The number of amides is 1. The number of hydrogen-bond donors (Lipinski definition) is 1. The van der Waals surface area contributed by atoms with Crippen molar-refractivity contribution in [3.05, 3.63) is 18.0 Å². The Bertz CT molecular complexity index is 458. The van der Waals surface area contributed by atoms with Crippen LogP contribution < -0.4 is 5.73 Å². The van der Waals surface area contributed by atoms with Gasteiger partial charge in [0, 0.05) is 24.8 Å². The van der Waals surface area contributed by atoms with E-state index in [0.717, 1.165) is 25.1 Å². The van der Waals surface area contributed by atoms with Crippen LogP contribution in [0.15, 0.2) is 12.3 Å². The standard InChI is InChI=1S/C16H27N3O/c1-4-18(14-8-6-5-7-9-14)16(20)15-10-13(17)11-19(15)12(2)3/h10-12,14H,4-9,17H2,1-3H3. The molecule has 1 aromatic rings. The molecule has 0 radical (unpaired) electrons. The highest BCUT2D eigenvalue weighted by atomic mass is 16.2. The van der Waals surface area contributed by atoms with Crippen molar-refractivity contribution in [1.29, 1.82) is 0 Å². The third-order valence-corrected chi connectivity index (χ3v) is 4.26. The van der Waals surface area contributed by atoms with Crippen molar-refractivity contribution in [2.45, 2.75) is 65.0 Å². The molecule has 0 aliphatic heterocycles. The minimum absolute atomic E-state index is 0.129. The lowest BCUT2D eigenvalue weighted by molar-refractivity contribution is 0.0635. The first kappa shape index (κ1) is 14.9. The predicted molar refractivity (Wildman–Crippen MR) is 82.8 cm³/mol. The lowest BCUT2D eigenvalue weighted by atomic mass is 9.94. The molecular formula is C16H27N3O. The molecule has 20 heavy (non-hydrogen) atoms. The number of aromatic nitrogens is 1. The van der Waals surface area contributed by atoms with Crippen molar-refractivity contribution in [2.75, 3.05) is 12.3 Å². The van der Waals surface area contributed by atoms with Gasteiger partial charge in [0.1, 0.15) is 5.69 Å². The molecule has 1 fully saturated rings. The van der Waals surface area contributed by atoms with Crippen LogP contribution in [0.25, 0.3) is 0 Å². The Morgan fingerprint density at radius 3 is 2.60 bits per heavy atom. The Hall–Kier alpha value is -1.45. The summed E-state index contributed by atoms with van der Waals surface area (Å²) in [6.45, 7) is 6.99. The van der Waals surface area contributed by atoms with Crippen LogP contribution in [0.2, 0.25) is 0 Å². The van der Waals surface area contributed by atoms with Gasteiger partial charge in [-0.2, -0.15) is 0 Å². The van der Waals surface area contributed by atoms with Crippen LogP contribution in [0.4, 0.5) is 5.69 Å². The molecule has 1 saturated carbocycles. The van der Waals surface area contributed by atoms with E-state index in [1.54, 1.807) is 0 Å². The van der Waals surface area contributed by atoms with Gasteiger partial charge in [-0.25, -0.2) is 0 Å². The van der Waals surface area contributed by atoms with E-state index in [-0.39, 0.29) is 11.9 Å². The van der Waals surface area contributed by atoms with Crippen LogP contribution in [0.1, 0.15) is 69.4 Å². The summed E-state index contributed by atoms with van der Waals surface area (Å²) >= 11 is 0. The number of rotatable bonds is 4. The summed E-state index contributed by atoms with van der Waals surface area (Å²) in [5.74, 6) is 0.129. The van der Waals surface area contributed by atoms with Gasteiger partial charge >= 0.3 is 0 Å². The molecule has 1 amide bonds. The van der Waals surface area contributed by atoms with Gasteiger partial charge in [0.05, 0.1) is 5.69 Å². The first-order valence-corrected chi connectivity index (χ1v) is 7.83. The fourth-order valence-electron chi connectivity index (χ4n) is 3.21. The quantitative estimate of drug-likeness (QED) is 0.916. The fourth-order valence-corrected chi connectivity index (χ4v) is 3.21. The zero-order chi connectivity index (χ0) is 14.7. The molecule has 0 unspecified atom stereocenters. The lowest BCUT2D eigenvalue weighted by Crippen LogP contribution is -2.42. The van der Waals surface area contributed by atoms with Crippen molar-refractivity contribution in [3.63, 3.8) is 0 Å². The van der Waals surface area contributed by atoms with Crippen LogP contribution in [0, 0.1) is 0 Å². The molecule has 1 heterocycles. The van der Waals surface area contributed by atoms with Gasteiger partial charge in [-0.05, 0) is 39.7 Å². The first-order chi connectivity index (χ1) is 9.54. The van der Waals surface area contributed by atoms with Gasteiger partial charge < -0.3 is 15.2 Å². The molecule has 0 spiro atoms. The molecule has 1 aliphatic carbocycles. The summed E-state index contributed by atoms with van der Waals surface area (Å²) in [5.41, 5.74) is 7.28. The maximum atomic E-state index is 12.9. The highest BCUT2D eigenvalue weighted by molar-refractivity contribution is 5.94. The molecule has 0 bridgehead atoms. The number of carbonyl (C=O) groups is 1. The molecule has 1 aliphatic rings. The predicted octanol–water partition coefficient (Wildman–Crippen LogP) is 3.45. The number of nitrogen functional groups attached to an aromatic ring is 1. The van der Waals surface area contributed by atoms with Gasteiger partial charge in [0.15, 0.2) is 0 Å². The number of nitrogens with two attached hydrogens (primary N) is 1. The van der Waals surface area contributed by atoms with Gasteiger partial charge in [-0.15, -0.1) is 0 Å². The van der Waals surface area contributed by atoms with E-state index in [0.29, 0.717) is 11.7 Å². The summed E-state index contributed by atoms with van der Waals surface area (Å²) in [6.07, 6.45) is 7.92. The molecule has 0 aromatic carbocycles. The molecule has 0 atom stereocenters. The summed E-state index contributed by atoms with van der Waals surface area (Å²) < 4.78 is 1.99. The van der Waals surface area contributed by atoms with Crippen molar-refractivity contribution in [3.8, 4) is 0 Å². The van der Waals surface area contributed by atoms with Crippen molar-refractivity contribution >= 4 is 11.6 Å². The summed E-state index contributed by atoms with van der Waals surface area (Å²) in [4.78, 5) is 14.9. The summed E-state index contributed by atoms with van der Waals surface area (Å²) in [6, 6.07) is 2.46. The molecule has 2 N–H and O–H groups in total. The van der Waals surface area contributed by atoms with E-state index in [9.17, 15) is 4.79 Å². The maximum Gasteiger partial charge on any atom is 0.270 e. The third kappa shape index (κ3) is 3.00. The Morgan fingerprint density at radius 2 is 2.05 bits per heavy atom. The number of nitrogens with zero attached hydrogens (tertiary/aromatic N) is 2. The molecule has 0 saturated heterocycles. The van der Waals surface area contributed by atoms with Crippen LogP contribution >= 0.6 is 0 Å². The van der Waals surface area contributed by atoms with Crippen molar-refractivity contribution in [2.24, 2.45) is 0 Å². The molecule has 4 heteroatoms. The van der Waals surface area contributed by atoms with E-state index < -0.39 is 0 Å².